The van der Waals surface area contributed by atoms with Crippen LogP contribution in [0.3, 0.4) is 0 Å². The van der Waals surface area contributed by atoms with Crippen LogP contribution in [0.4, 0.5) is 0 Å². The maximum atomic E-state index is 12.1. The number of benzene rings is 1. The van der Waals surface area contributed by atoms with Gasteiger partial charge in [-0.25, -0.2) is 9.97 Å². The molecule has 1 aromatic carbocycles. The fraction of sp³-hybridized carbons (Fsp3) is 0.421. The van der Waals surface area contributed by atoms with Crippen LogP contribution in [0.25, 0.3) is 0 Å². The Hall–Kier alpha value is -2.47. The van der Waals surface area contributed by atoms with Crippen molar-refractivity contribution in [3.05, 3.63) is 53.3 Å². The number of hydrogen-bond acceptors (Lipinski definition) is 5. The number of nitrogens with zero attached hydrogens (tertiary/aromatic N) is 3. The number of carbonyl (C=O) groups excluding carboxylic acids is 1. The van der Waals surface area contributed by atoms with Crippen molar-refractivity contribution in [1.82, 2.24) is 20.2 Å². The van der Waals surface area contributed by atoms with Gasteiger partial charge in [0.25, 0.3) is 5.91 Å². The second kappa shape index (κ2) is 8.07. The first-order chi connectivity index (χ1) is 12.2. The Labute approximate surface area is 148 Å². The lowest BCUT2D eigenvalue weighted by Crippen LogP contribution is -2.33. The van der Waals surface area contributed by atoms with Crippen LogP contribution in [0.1, 0.15) is 33.8 Å². The number of rotatable bonds is 6. The SMILES string of the molecule is COc1ncc(C(=O)NCCN2CCC(c3ccccc3C)C2)cn1. The number of aromatic nitrogens is 2. The summed E-state index contributed by atoms with van der Waals surface area (Å²) >= 11 is 0. The number of likely N-dealkylation sites (tertiary alicyclic amines) is 1. The largest absolute Gasteiger partial charge is 0.467 e. The molecule has 0 saturated carbocycles. The molecule has 1 saturated heterocycles. The van der Waals surface area contributed by atoms with E-state index in [0.717, 1.165) is 19.6 Å². The first-order valence-corrected chi connectivity index (χ1v) is 8.59. The maximum Gasteiger partial charge on any atom is 0.316 e. The van der Waals surface area contributed by atoms with E-state index in [0.29, 0.717) is 18.0 Å². The van der Waals surface area contributed by atoms with Crippen molar-refractivity contribution in [2.24, 2.45) is 0 Å². The Kier molecular flexibility index (Phi) is 5.60. The van der Waals surface area contributed by atoms with Crippen LogP contribution in [-0.2, 0) is 0 Å². The van der Waals surface area contributed by atoms with E-state index in [-0.39, 0.29) is 11.9 Å². The first-order valence-electron chi connectivity index (χ1n) is 8.59. The number of amides is 1. The van der Waals surface area contributed by atoms with E-state index in [4.69, 9.17) is 4.74 Å². The van der Waals surface area contributed by atoms with E-state index >= 15 is 0 Å². The van der Waals surface area contributed by atoms with Gasteiger partial charge in [-0.3, -0.25) is 4.79 Å². The van der Waals surface area contributed by atoms with E-state index in [2.05, 4.69) is 51.4 Å². The predicted molar refractivity (Wildman–Crippen MR) is 95.9 cm³/mol. The molecule has 1 atom stereocenters. The third-order valence-corrected chi connectivity index (χ3v) is 4.69. The van der Waals surface area contributed by atoms with Gasteiger partial charge in [-0.05, 0) is 36.9 Å². The lowest BCUT2D eigenvalue weighted by atomic mass is 9.94. The number of aryl methyl sites for hydroxylation is 1. The van der Waals surface area contributed by atoms with E-state index in [1.54, 1.807) is 0 Å². The zero-order valence-corrected chi connectivity index (χ0v) is 14.7. The van der Waals surface area contributed by atoms with Gasteiger partial charge in [-0.1, -0.05) is 24.3 Å². The molecular formula is C19H24N4O2. The van der Waals surface area contributed by atoms with Gasteiger partial charge >= 0.3 is 6.01 Å². The standard InChI is InChI=1S/C19H24N4O2/c1-14-5-3-4-6-17(14)15-7-9-23(13-15)10-8-20-18(24)16-11-21-19(25-2)22-12-16/h3-6,11-12,15H,7-10,13H2,1-2H3,(H,20,24). The molecule has 132 valence electrons. The molecule has 1 aromatic heterocycles. The number of nitrogens with one attached hydrogen (secondary N) is 1. The van der Waals surface area contributed by atoms with E-state index < -0.39 is 0 Å². The molecule has 0 aliphatic carbocycles. The maximum absolute atomic E-state index is 12.1. The van der Waals surface area contributed by atoms with Crippen LogP contribution in [0.2, 0.25) is 0 Å². The molecule has 1 fully saturated rings. The van der Waals surface area contributed by atoms with Gasteiger partial charge in [0.05, 0.1) is 12.7 Å². The average Bonchev–Trinajstić information content (AvgIpc) is 3.10. The van der Waals surface area contributed by atoms with Crippen LogP contribution in [-0.4, -0.2) is 54.1 Å². The topological polar surface area (TPSA) is 67.3 Å². The fourth-order valence-corrected chi connectivity index (χ4v) is 3.30. The second-order valence-corrected chi connectivity index (χ2v) is 6.36. The molecule has 3 rings (SSSR count). The normalized spacial score (nSPS) is 17.4. The molecule has 2 heterocycles. The molecule has 1 aliphatic rings. The van der Waals surface area contributed by atoms with Gasteiger partial charge in [0.15, 0.2) is 0 Å². The van der Waals surface area contributed by atoms with Crippen LogP contribution < -0.4 is 10.1 Å². The number of hydrogen-bond donors (Lipinski definition) is 1. The van der Waals surface area contributed by atoms with E-state index in [1.165, 1.54) is 37.1 Å². The van der Waals surface area contributed by atoms with Crippen molar-refractivity contribution in [3.63, 3.8) is 0 Å². The summed E-state index contributed by atoms with van der Waals surface area (Å²) in [6.45, 7) is 5.76. The minimum absolute atomic E-state index is 0.155. The van der Waals surface area contributed by atoms with Crippen LogP contribution >= 0.6 is 0 Å². The Morgan fingerprint density at radius 2 is 2.08 bits per heavy atom. The van der Waals surface area contributed by atoms with E-state index in [9.17, 15) is 4.79 Å². The summed E-state index contributed by atoms with van der Waals surface area (Å²) in [6.07, 6.45) is 4.13. The minimum Gasteiger partial charge on any atom is -0.467 e. The van der Waals surface area contributed by atoms with Gasteiger partial charge in [0, 0.05) is 32.0 Å². The van der Waals surface area contributed by atoms with E-state index in [1.807, 2.05) is 0 Å². The summed E-state index contributed by atoms with van der Waals surface area (Å²) in [5.74, 6) is 0.434. The quantitative estimate of drug-likeness (QED) is 0.871. The molecule has 1 N–H and O–H groups in total. The molecular weight excluding hydrogens is 316 g/mol. The fourth-order valence-electron chi connectivity index (χ4n) is 3.30. The van der Waals surface area contributed by atoms with Gasteiger partial charge in [-0.2, -0.15) is 0 Å². The summed E-state index contributed by atoms with van der Waals surface area (Å²) < 4.78 is 4.89. The molecule has 1 amide bonds. The molecule has 1 unspecified atom stereocenters. The van der Waals surface area contributed by atoms with Crippen molar-refractivity contribution in [2.75, 3.05) is 33.3 Å². The molecule has 0 radical (unpaired) electrons. The summed E-state index contributed by atoms with van der Waals surface area (Å²) in [5, 5.41) is 2.93. The number of ether oxygens (including phenoxy) is 1. The van der Waals surface area contributed by atoms with Crippen molar-refractivity contribution in [1.29, 1.82) is 0 Å². The minimum atomic E-state index is -0.155. The first kappa shape index (κ1) is 17.4. The van der Waals surface area contributed by atoms with Crippen LogP contribution in [0, 0.1) is 6.92 Å². The molecule has 1 aliphatic heterocycles. The molecule has 2 aromatic rings. The van der Waals surface area contributed by atoms with Crippen molar-refractivity contribution >= 4 is 5.91 Å². The highest BCUT2D eigenvalue weighted by atomic mass is 16.5. The molecule has 6 nitrogen and oxygen atoms in total. The van der Waals surface area contributed by atoms with Gasteiger partial charge < -0.3 is 15.0 Å². The van der Waals surface area contributed by atoms with Crippen molar-refractivity contribution in [2.45, 2.75) is 19.3 Å². The smallest absolute Gasteiger partial charge is 0.316 e. The lowest BCUT2D eigenvalue weighted by Gasteiger charge is -2.17. The van der Waals surface area contributed by atoms with Gasteiger partial charge in [-0.15, -0.1) is 0 Å². The Morgan fingerprint density at radius 1 is 1.32 bits per heavy atom. The third kappa shape index (κ3) is 4.33. The molecule has 6 heteroatoms. The summed E-state index contributed by atoms with van der Waals surface area (Å²) in [5.41, 5.74) is 3.26. The molecule has 0 bridgehead atoms. The van der Waals surface area contributed by atoms with Gasteiger partial charge in [0.1, 0.15) is 0 Å². The van der Waals surface area contributed by atoms with Crippen molar-refractivity contribution < 1.29 is 9.53 Å². The highest BCUT2D eigenvalue weighted by Crippen LogP contribution is 2.28. The Morgan fingerprint density at radius 3 is 2.80 bits per heavy atom. The van der Waals surface area contributed by atoms with Gasteiger partial charge in [0.2, 0.25) is 0 Å². The monoisotopic (exact) mass is 340 g/mol. The van der Waals surface area contributed by atoms with Crippen LogP contribution in [0.5, 0.6) is 6.01 Å². The lowest BCUT2D eigenvalue weighted by molar-refractivity contribution is 0.0949. The zero-order valence-electron chi connectivity index (χ0n) is 14.7. The number of methoxy groups -OCH3 is 1. The highest BCUT2D eigenvalue weighted by Gasteiger charge is 2.24. The van der Waals surface area contributed by atoms with Crippen molar-refractivity contribution in [3.8, 4) is 6.01 Å². The number of carbonyl (C=O) groups is 1. The molecule has 25 heavy (non-hydrogen) atoms. The Balaban J connectivity index is 1.45. The summed E-state index contributed by atoms with van der Waals surface area (Å²) in [7, 11) is 1.50. The highest BCUT2D eigenvalue weighted by molar-refractivity contribution is 5.93. The second-order valence-electron chi connectivity index (χ2n) is 6.36. The Bertz CT molecular complexity index is 718. The molecule has 0 spiro atoms. The summed E-state index contributed by atoms with van der Waals surface area (Å²) in [6, 6.07) is 8.87. The predicted octanol–water partition coefficient (Wildman–Crippen LogP) is 2.01. The average molecular weight is 340 g/mol. The third-order valence-electron chi connectivity index (χ3n) is 4.69. The van der Waals surface area contributed by atoms with Crippen LogP contribution in [0.15, 0.2) is 36.7 Å². The zero-order chi connectivity index (χ0) is 17.6. The summed E-state index contributed by atoms with van der Waals surface area (Å²) in [4.78, 5) is 22.4.